The molecule has 0 aliphatic rings. The summed E-state index contributed by atoms with van der Waals surface area (Å²) in [6, 6.07) is 5.52. The lowest BCUT2D eigenvalue weighted by atomic mass is 10.2. The fourth-order valence-corrected chi connectivity index (χ4v) is 2.27. The van der Waals surface area contributed by atoms with E-state index >= 15 is 0 Å². The fourth-order valence-electron chi connectivity index (χ4n) is 1.62. The lowest BCUT2D eigenvalue weighted by Gasteiger charge is -2.10. The van der Waals surface area contributed by atoms with Gasteiger partial charge in [0.05, 0.1) is 20.4 Å². The molecule has 0 bridgehead atoms. The van der Waals surface area contributed by atoms with Crippen molar-refractivity contribution in [1.82, 2.24) is 4.98 Å². The van der Waals surface area contributed by atoms with E-state index < -0.39 is 5.97 Å². The third kappa shape index (κ3) is 3.18. The molecule has 1 heterocycles. The number of carboxylic acid groups (broad SMARTS) is 1. The van der Waals surface area contributed by atoms with E-state index in [1.807, 2.05) is 12.1 Å². The first-order chi connectivity index (χ1) is 9.63. The van der Waals surface area contributed by atoms with Crippen molar-refractivity contribution in [3.63, 3.8) is 0 Å². The summed E-state index contributed by atoms with van der Waals surface area (Å²) >= 11 is 1.09. The van der Waals surface area contributed by atoms with E-state index in [0.717, 1.165) is 16.9 Å². The zero-order valence-electron chi connectivity index (χ0n) is 11.0. The Labute approximate surface area is 120 Å². The van der Waals surface area contributed by atoms with Crippen molar-refractivity contribution in [2.24, 2.45) is 0 Å². The molecule has 7 heteroatoms. The van der Waals surface area contributed by atoms with Crippen LogP contribution in [0.5, 0.6) is 11.5 Å². The molecule has 0 aliphatic heterocycles. The Morgan fingerprint density at radius 3 is 2.80 bits per heavy atom. The number of carboxylic acids is 1. The lowest BCUT2D eigenvalue weighted by Crippen LogP contribution is -2.01. The molecule has 0 unspecified atom stereocenters. The first-order valence-electron chi connectivity index (χ1n) is 5.78. The van der Waals surface area contributed by atoms with Crippen LogP contribution >= 0.6 is 11.3 Å². The highest BCUT2D eigenvalue weighted by Crippen LogP contribution is 2.26. The van der Waals surface area contributed by atoms with Gasteiger partial charge in [0.1, 0.15) is 16.4 Å². The van der Waals surface area contributed by atoms with Crippen LogP contribution in [0.1, 0.15) is 15.2 Å². The average molecular weight is 294 g/mol. The Morgan fingerprint density at radius 1 is 1.40 bits per heavy atom. The van der Waals surface area contributed by atoms with E-state index in [2.05, 4.69) is 10.3 Å². The molecule has 0 spiro atoms. The summed E-state index contributed by atoms with van der Waals surface area (Å²) in [7, 11) is 3.18. The summed E-state index contributed by atoms with van der Waals surface area (Å²) < 4.78 is 10.4. The summed E-state index contributed by atoms with van der Waals surface area (Å²) in [6.45, 7) is 0.486. The molecule has 6 nitrogen and oxygen atoms in total. The van der Waals surface area contributed by atoms with Gasteiger partial charge in [-0.1, -0.05) is 11.3 Å². The molecule has 2 rings (SSSR count). The molecule has 1 aromatic heterocycles. The molecule has 1 aromatic carbocycles. The maximum atomic E-state index is 10.8. The van der Waals surface area contributed by atoms with E-state index in [4.69, 9.17) is 14.6 Å². The molecular formula is C13H14N2O4S. The zero-order chi connectivity index (χ0) is 14.5. The van der Waals surface area contributed by atoms with E-state index in [9.17, 15) is 4.79 Å². The van der Waals surface area contributed by atoms with Crippen LogP contribution in [0, 0.1) is 0 Å². The number of aromatic nitrogens is 1. The molecule has 0 amide bonds. The maximum absolute atomic E-state index is 10.8. The van der Waals surface area contributed by atoms with Gasteiger partial charge in [-0.3, -0.25) is 0 Å². The molecule has 20 heavy (non-hydrogen) atoms. The molecule has 0 fully saturated rings. The van der Waals surface area contributed by atoms with Gasteiger partial charge in [-0.15, -0.1) is 0 Å². The normalized spacial score (nSPS) is 10.1. The highest BCUT2D eigenvalue weighted by atomic mass is 32.1. The van der Waals surface area contributed by atoms with Gasteiger partial charge in [-0.25, -0.2) is 9.78 Å². The standard InChI is InChI=1S/C13H14N2O4S/c1-18-9-4-3-8(10(5-9)19-2)6-14-13-15-7-11(20-13)12(16)17/h3-5,7H,6H2,1-2H3,(H,14,15)(H,16,17). The molecule has 0 aliphatic carbocycles. The third-order valence-electron chi connectivity index (χ3n) is 2.64. The molecule has 2 aromatic rings. The number of anilines is 1. The van der Waals surface area contributed by atoms with Crippen molar-refractivity contribution < 1.29 is 19.4 Å². The van der Waals surface area contributed by atoms with Crippen molar-refractivity contribution >= 4 is 22.4 Å². The number of benzene rings is 1. The first-order valence-corrected chi connectivity index (χ1v) is 6.59. The number of thiazole rings is 1. The van der Waals surface area contributed by atoms with Crippen molar-refractivity contribution in [3.8, 4) is 11.5 Å². The van der Waals surface area contributed by atoms with Gasteiger partial charge in [0.2, 0.25) is 0 Å². The van der Waals surface area contributed by atoms with Crippen LogP contribution in [0.4, 0.5) is 5.13 Å². The largest absolute Gasteiger partial charge is 0.497 e. The highest BCUT2D eigenvalue weighted by Gasteiger charge is 2.09. The average Bonchev–Trinajstić information content (AvgIpc) is 2.94. The number of rotatable bonds is 6. The molecule has 0 atom stereocenters. The molecule has 0 radical (unpaired) electrons. The quantitative estimate of drug-likeness (QED) is 0.852. The van der Waals surface area contributed by atoms with Crippen LogP contribution in [0.15, 0.2) is 24.4 Å². The molecule has 0 saturated heterocycles. The number of hydrogen-bond donors (Lipinski definition) is 2. The van der Waals surface area contributed by atoms with Gasteiger partial charge in [0.15, 0.2) is 5.13 Å². The smallest absolute Gasteiger partial charge is 0.347 e. The minimum absolute atomic E-state index is 0.203. The van der Waals surface area contributed by atoms with E-state index in [-0.39, 0.29) is 4.88 Å². The fraction of sp³-hybridized carbons (Fsp3) is 0.231. The van der Waals surface area contributed by atoms with Crippen LogP contribution in [-0.4, -0.2) is 30.3 Å². The molecule has 106 valence electrons. The lowest BCUT2D eigenvalue weighted by molar-refractivity contribution is 0.0702. The SMILES string of the molecule is COc1ccc(CNc2ncc(C(=O)O)s2)c(OC)c1. The van der Waals surface area contributed by atoms with Crippen LogP contribution in [0.2, 0.25) is 0 Å². The predicted molar refractivity (Wildman–Crippen MR) is 75.9 cm³/mol. The van der Waals surface area contributed by atoms with Gasteiger partial charge in [0, 0.05) is 18.2 Å². The molecular weight excluding hydrogens is 280 g/mol. The predicted octanol–water partition coefficient (Wildman–Crippen LogP) is 2.47. The van der Waals surface area contributed by atoms with Crippen molar-refractivity contribution in [2.45, 2.75) is 6.54 Å². The van der Waals surface area contributed by atoms with Gasteiger partial charge < -0.3 is 19.9 Å². The van der Waals surface area contributed by atoms with Gasteiger partial charge >= 0.3 is 5.97 Å². The number of ether oxygens (including phenoxy) is 2. The summed E-state index contributed by atoms with van der Waals surface area (Å²) in [5, 5.41) is 12.5. The maximum Gasteiger partial charge on any atom is 0.347 e. The summed E-state index contributed by atoms with van der Waals surface area (Å²) in [5.41, 5.74) is 0.931. The summed E-state index contributed by atoms with van der Waals surface area (Å²) in [5.74, 6) is 0.442. The van der Waals surface area contributed by atoms with E-state index in [1.54, 1.807) is 20.3 Å². The van der Waals surface area contributed by atoms with Gasteiger partial charge in [-0.05, 0) is 12.1 Å². The highest BCUT2D eigenvalue weighted by molar-refractivity contribution is 7.17. The Hall–Kier alpha value is -2.28. The second-order valence-electron chi connectivity index (χ2n) is 3.87. The Morgan fingerprint density at radius 2 is 2.20 bits per heavy atom. The third-order valence-corrected chi connectivity index (χ3v) is 3.58. The number of nitrogens with one attached hydrogen (secondary N) is 1. The van der Waals surface area contributed by atoms with Crippen LogP contribution in [-0.2, 0) is 6.54 Å². The topological polar surface area (TPSA) is 80.7 Å². The minimum atomic E-state index is -0.974. The Bertz CT molecular complexity index is 612. The van der Waals surface area contributed by atoms with Crippen LogP contribution in [0.25, 0.3) is 0 Å². The Kier molecular flexibility index (Phi) is 4.41. The number of carbonyl (C=O) groups is 1. The second-order valence-corrected chi connectivity index (χ2v) is 4.90. The zero-order valence-corrected chi connectivity index (χ0v) is 11.9. The number of aromatic carboxylic acids is 1. The number of methoxy groups -OCH3 is 2. The Balaban J connectivity index is 2.07. The second kappa shape index (κ2) is 6.25. The summed E-state index contributed by atoms with van der Waals surface area (Å²) in [6.07, 6.45) is 1.33. The van der Waals surface area contributed by atoms with E-state index in [1.165, 1.54) is 6.20 Å². The number of hydrogen-bond acceptors (Lipinski definition) is 6. The van der Waals surface area contributed by atoms with E-state index in [0.29, 0.717) is 23.2 Å². The van der Waals surface area contributed by atoms with Gasteiger partial charge in [0.25, 0.3) is 0 Å². The first kappa shape index (κ1) is 14.1. The van der Waals surface area contributed by atoms with Gasteiger partial charge in [-0.2, -0.15) is 0 Å². The summed E-state index contributed by atoms with van der Waals surface area (Å²) in [4.78, 5) is 15.0. The van der Waals surface area contributed by atoms with Crippen molar-refractivity contribution in [2.75, 3.05) is 19.5 Å². The van der Waals surface area contributed by atoms with Crippen molar-refractivity contribution in [3.05, 3.63) is 34.8 Å². The van der Waals surface area contributed by atoms with Crippen LogP contribution < -0.4 is 14.8 Å². The van der Waals surface area contributed by atoms with Crippen molar-refractivity contribution in [1.29, 1.82) is 0 Å². The monoisotopic (exact) mass is 294 g/mol. The number of nitrogens with zero attached hydrogens (tertiary/aromatic N) is 1. The van der Waals surface area contributed by atoms with Crippen LogP contribution in [0.3, 0.4) is 0 Å². The molecule has 0 saturated carbocycles. The molecule has 2 N–H and O–H groups in total. The minimum Gasteiger partial charge on any atom is -0.497 e.